The average Bonchev–Trinajstić information content (AvgIpc) is 2.81. The maximum atomic E-state index is 12.3. The minimum absolute atomic E-state index is 0.0397. The molecule has 1 aromatic carbocycles. The highest BCUT2D eigenvalue weighted by molar-refractivity contribution is 5.99. The minimum atomic E-state index is -0.0397. The summed E-state index contributed by atoms with van der Waals surface area (Å²) in [4.78, 5) is 15.3. The van der Waals surface area contributed by atoms with Crippen LogP contribution in [0.25, 0.3) is 27.7 Å². The van der Waals surface area contributed by atoms with Crippen LogP contribution in [0.1, 0.15) is 23.9 Å². The number of fused-ring (bicyclic) bond motifs is 5. The number of aromatic amines is 1. The van der Waals surface area contributed by atoms with Gasteiger partial charge in [-0.1, -0.05) is 24.3 Å². The summed E-state index contributed by atoms with van der Waals surface area (Å²) in [6, 6.07) is 9.76. The van der Waals surface area contributed by atoms with Crippen LogP contribution >= 0.6 is 0 Å². The van der Waals surface area contributed by atoms with Gasteiger partial charge in [0.1, 0.15) is 11.5 Å². The molecule has 3 nitrogen and oxygen atoms in total. The number of nitrogens with one attached hydrogen (secondary N) is 1. The van der Waals surface area contributed by atoms with Crippen molar-refractivity contribution in [1.82, 2.24) is 4.98 Å². The topological polar surface area (TPSA) is 46.0 Å². The smallest absolute Gasteiger partial charge is 0.256 e. The number of pyridine rings is 1. The first-order valence-electron chi connectivity index (χ1n) is 7.07. The summed E-state index contributed by atoms with van der Waals surface area (Å²) in [7, 11) is 0. The monoisotopic (exact) mass is 277 g/mol. The molecule has 0 radical (unpaired) electrons. The van der Waals surface area contributed by atoms with Crippen molar-refractivity contribution < 1.29 is 4.42 Å². The zero-order chi connectivity index (χ0) is 14.6. The van der Waals surface area contributed by atoms with Gasteiger partial charge in [-0.3, -0.25) is 4.79 Å². The highest BCUT2D eigenvalue weighted by Gasteiger charge is 2.22. The number of benzene rings is 1. The summed E-state index contributed by atoms with van der Waals surface area (Å²) in [5.41, 5.74) is 4.20. The lowest BCUT2D eigenvalue weighted by atomic mass is 9.99. The highest BCUT2D eigenvalue weighted by atomic mass is 16.3. The van der Waals surface area contributed by atoms with Gasteiger partial charge in [-0.05, 0) is 36.9 Å². The van der Waals surface area contributed by atoms with Crippen LogP contribution in [0.15, 0.2) is 45.6 Å². The van der Waals surface area contributed by atoms with Crippen LogP contribution in [-0.4, -0.2) is 4.98 Å². The molecule has 0 amide bonds. The molecule has 104 valence electrons. The van der Waals surface area contributed by atoms with Crippen molar-refractivity contribution in [2.24, 2.45) is 0 Å². The molecule has 0 spiro atoms. The second kappa shape index (κ2) is 4.22. The molecule has 0 saturated carbocycles. The maximum Gasteiger partial charge on any atom is 0.256 e. The zero-order valence-corrected chi connectivity index (χ0v) is 12.0. The quantitative estimate of drug-likeness (QED) is 0.673. The number of rotatable bonds is 0. The molecule has 1 aliphatic carbocycles. The van der Waals surface area contributed by atoms with E-state index in [9.17, 15) is 4.79 Å². The third kappa shape index (κ3) is 1.70. The SMILES string of the molecule is CC1=CCc2[nH]c(=O)c3ccccc3c2-c2oc(C)cc21. The van der Waals surface area contributed by atoms with Crippen LogP contribution < -0.4 is 5.56 Å². The summed E-state index contributed by atoms with van der Waals surface area (Å²) >= 11 is 0. The Morgan fingerprint density at radius 3 is 2.71 bits per heavy atom. The van der Waals surface area contributed by atoms with Crippen molar-refractivity contribution >= 4 is 16.3 Å². The van der Waals surface area contributed by atoms with Gasteiger partial charge < -0.3 is 9.40 Å². The van der Waals surface area contributed by atoms with E-state index >= 15 is 0 Å². The fourth-order valence-electron chi connectivity index (χ4n) is 3.10. The summed E-state index contributed by atoms with van der Waals surface area (Å²) in [5.74, 6) is 1.75. The molecule has 0 bridgehead atoms. The van der Waals surface area contributed by atoms with E-state index in [2.05, 4.69) is 24.1 Å². The second-order valence-electron chi connectivity index (χ2n) is 5.54. The predicted molar refractivity (Wildman–Crippen MR) is 84.4 cm³/mol. The van der Waals surface area contributed by atoms with Gasteiger partial charge in [0.25, 0.3) is 5.56 Å². The summed E-state index contributed by atoms with van der Waals surface area (Å²) in [6.07, 6.45) is 2.86. The van der Waals surface area contributed by atoms with Crippen LogP contribution in [0, 0.1) is 6.92 Å². The Morgan fingerprint density at radius 1 is 1.14 bits per heavy atom. The molecule has 0 unspecified atom stereocenters. The van der Waals surface area contributed by atoms with Gasteiger partial charge in [0, 0.05) is 28.6 Å². The Kier molecular flexibility index (Phi) is 2.45. The van der Waals surface area contributed by atoms with Crippen LogP contribution in [0.4, 0.5) is 0 Å². The number of aryl methyl sites for hydroxylation is 1. The van der Waals surface area contributed by atoms with E-state index in [1.54, 1.807) is 0 Å². The van der Waals surface area contributed by atoms with Crippen molar-refractivity contribution in [2.45, 2.75) is 20.3 Å². The van der Waals surface area contributed by atoms with E-state index in [4.69, 9.17) is 4.42 Å². The molecule has 2 aromatic heterocycles. The predicted octanol–water partition coefficient (Wildman–Crippen LogP) is 4.06. The number of furan rings is 1. The molecule has 3 aromatic rings. The van der Waals surface area contributed by atoms with Gasteiger partial charge in [0.15, 0.2) is 0 Å². The van der Waals surface area contributed by atoms with Gasteiger partial charge in [0.05, 0.1) is 0 Å². The lowest BCUT2D eigenvalue weighted by molar-refractivity contribution is 0.548. The third-order valence-corrected chi connectivity index (χ3v) is 4.13. The van der Waals surface area contributed by atoms with Gasteiger partial charge in [-0.25, -0.2) is 0 Å². The minimum Gasteiger partial charge on any atom is -0.461 e. The average molecular weight is 277 g/mol. The first-order valence-corrected chi connectivity index (χ1v) is 7.07. The molecule has 3 heteroatoms. The van der Waals surface area contributed by atoms with E-state index in [0.717, 1.165) is 33.7 Å². The lowest BCUT2D eigenvalue weighted by Crippen LogP contribution is -2.10. The molecule has 0 saturated heterocycles. The number of aromatic nitrogens is 1. The van der Waals surface area contributed by atoms with Crippen LogP contribution in [0.5, 0.6) is 0 Å². The summed E-state index contributed by atoms with van der Waals surface area (Å²) in [6.45, 7) is 4.04. The Bertz CT molecular complexity index is 957. The number of hydrogen-bond donors (Lipinski definition) is 1. The molecule has 21 heavy (non-hydrogen) atoms. The zero-order valence-electron chi connectivity index (χ0n) is 12.0. The van der Waals surface area contributed by atoms with Crippen LogP contribution in [-0.2, 0) is 6.42 Å². The summed E-state index contributed by atoms with van der Waals surface area (Å²) in [5, 5.41) is 1.66. The van der Waals surface area contributed by atoms with Crippen LogP contribution in [0.2, 0.25) is 0 Å². The standard InChI is InChI=1S/C18H15NO2/c1-10-7-8-15-16(17-14(10)9-11(2)21-17)12-5-3-4-6-13(12)18(20)19-15/h3-7,9H,8H2,1-2H3,(H,19,20). The Morgan fingerprint density at radius 2 is 1.90 bits per heavy atom. The highest BCUT2D eigenvalue weighted by Crippen LogP contribution is 2.39. The fraction of sp³-hybridized carbons (Fsp3) is 0.167. The second-order valence-corrected chi connectivity index (χ2v) is 5.54. The van der Waals surface area contributed by atoms with Crippen molar-refractivity contribution in [3.05, 3.63) is 63.8 Å². The van der Waals surface area contributed by atoms with Gasteiger partial charge in [-0.15, -0.1) is 0 Å². The molecule has 1 N–H and O–H groups in total. The molecule has 0 aliphatic heterocycles. The van der Waals surface area contributed by atoms with Crippen molar-refractivity contribution in [2.75, 3.05) is 0 Å². The first-order chi connectivity index (χ1) is 10.1. The van der Waals surface area contributed by atoms with E-state index in [0.29, 0.717) is 11.8 Å². The fourth-order valence-corrected chi connectivity index (χ4v) is 3.10. The van der Waals surface area contributed by atoms with Crippen molar-refractivity contribution in [3.63, 3.8) is 0 Å². The van der Waals surface area contributed by atoms with E-state index in [1.165, 1.54) is 5.57 Å². The molecule has 4 rings (SSSR count). The van der Waals surface area contributed by atoms with Crippen molar-refractivity contribution in [1.29, 1.82) is 0 Å². The Labute approximate surface area is 121 Å². The summed E-state index contributed by atoms with van der Waals surface area (Å²) < 4.78 is 5.97. The van der Waals surface area contributed by atoms with Crippen LogP contribution in [0.3, 0.4) is 0 Å². The largest absolute Gasteiger partial charge is 0.461 e. The number of allylic oxidation sites excluding steroid dienone is 2. The number of hydrogen-bond acceptors (Lipinski definition) is 2. The van der Waals surface area contributed by atoms with Gasteiger partial charge >= 0.3 is 0 Å². The normalized spacial score (nSPS) is 13.5. The Hall–Kier alpha value is -2.55. The first kappa shape index (κ1) is 12.2. The molecule has 0 fully saturated rings. The van der Waals surface area contributed by atoms with Gasteiger partial charge in [-0.2, -0.15) is 0 Å². The number of H-pyrrole nitrogens is 1. The molecular formula is C18H15NO2. The molecule has 1 aliphatic rings. The Balaban J connectivity index is 2.21. The lowest BCUT2D eigenvalue weighted by Gasteiger charge is -2.09. The van der Waals surface area contributed by atoms with E-state index in [1.807, 2.05) is 31.2 Å². The molecule has 0 atom stereocenters. The van der Waals surface area contributed by atoms with Gasteiger partial charge in [0.2, 0.25) is 0 Å². The molecule has 2 heterocycles. The van der Waals surface area contributed by atoms with E-state index in [-0.39, 0.29) is 5.56 Å². The third-order valence-electron chi connectivity index (χ3n) is 4.13. The maximum absolute atomic E-state index is 12.3. The van der Waals surface area contributed by atoms with E-state index < -0.39 is 0 Å². The molecular weight excluding hydrogens is 262 g/mol. The van der Waals surface area contributed by atoms with Crippen molar-refractivity contribution in [3.8, 4) is 11.3 Å².